The van der Waals surface area contributed by atoms with Crippen molar-refractivity contribution in [3.63, 3.8) is 0 Å². The second-order valence-electron chi connectivity index (χ2n) is 4.69. The molecule has 116 valence electrons. The summed E-state index contributed by atoms with van der Waals surface area (Å²) in [6.45, 7) is 10.6. The van der Waals surface area contributed by atoms with E-state index in [-0.39, 0.29) is 30.5 Å². The Labute approximate surface area is 121 Å². The van der Waals surface area contributed by atoms with Crippen molar-refractivity contribution in [3.05, 3.63) is 25.3 Å². The van der Waals surface area contributed by atoms with Gasteiger partial charge in [-0.15, -0.1) is 13.2 Å². The van der Waals surface area contributed by atoms with Gasteiger partial charge in [0.05, 0.1) is 25.9 Å². The molecule has 5 nitrogen and oxygen atoms in total. The minimum Gasteiger partial charge on any atom is -0.376 e. The van der Waals surface area contributed by atoms with Gasteiger partial charge in [-0.3, -0.25) is 0 Å². The molecule has 0 spiro atoms. The van der Waals surface area contributed by atoms with E-state index in [0.29, 0.717) is 19.8 Å². The summed E-state index contributed by atoms with van der Waals surface area (Å²) in [5.74, 6) is 0. The first-order valence-corrected chi connectivity index (χ1v) is 6.81. The monoisotopic (exact) mass is 286 g/mol. The highest BCUT2D eigenvalue weighted by molar-refractivity contribution is 4.94. The molecular weight excluding hydrogens is 260 g/mol. The van der Waals surface area contributed by atoms with Gasteiger partial charge in [0, 0.05) is 14.2 Å². The third kappa shape index (κ3) is 4.40. The summed E-state index contributed by atoms with van der Waals surface area (Å²) in [4.78, 5) is 0. The molecule has 1 rings (SSSR count). The van der Waals surface area contributed by atoms with Gasteiger partial charge in [0.15, 0.2) is 0 Å². The van der Waals surface area contributed by atoms with Gasteiger partial charge in [0.2, 0.25) is 0 Å². The summed E-state index contributed by atoms with van der Waals surface area (Å²) >= 11 is 0. The first-order chi connectivity index (χ1) is 9.69. The minimum absolute atomic E-state index is 0.108. The van der Waals surface area contributed by atoms with Crippen LogP contribution in [-0.4, -0.2) is 64.6 Å². The van der Waals surface area contributed by atoms with Crippen LogP contribution in [0.5, 0.6) is 0 Å². The maximum Gasteiger partial charge on any atom is 0.115 e. The lowest BCUT2D eigenvalue weighted by Crippen LogP contribution is -2.60. The number of hydrogen-bond donors (Lipinski definition) is 0. The van der Waals surface area contributed by atoms with E-state index < -0.39 is 0 Å². The quantitative estimate of drug-likeness (QED) is 0.476. The van der Waals surface area contributed by atoms with Gasteiger partial charge < -0.3 is 23.7 Å². The van der Waals surface area contributed by atoms with Crippen LogP contribution in [0.15, 0.2) is 25.3 Å². The molecule has 0 aromatic heterocycles. The van der Waals surface area contributed by atoms with E-state index in [2.05, 4.69) is 13.2 Å². The second kappa shape index (κ2) is 9.26. The van der Waals surface area contributed by atoms with Gasteiger partial charge in [-0.25, -0.2) is 0 Å². The number of hydrogen-bond acceptors (Lipinski definition) is 5. The largest absolute Gasteiger partial charge is 0.376 e. The Morgan fingerprint density at radius 1 is 1.00 bits per heavy atom. The molecule has 0 amide bonds. The molecule has 1 fully saturated rings. The molecule has 1 unspecified atom stereocenters. The van der Waals surface area contributed by atoms with Crippen molar-refractivity contribution in [2.24, 2.45) is 0 Å². The van der Waals surface area contributed by atoms with Gasteiger partial charge in [-0.2, -0.15) is 0 Å². The zero-order valence-electron chi connectivity index (χ0n) is 12.6. The topological polar surface area (TPSA) is 46.2 Å². The van der Waals surface area contributed by atoms with Gasteiger partial charge >= 0.3 is 0 Å². The zero-order valence-corrected chi connectivity index (χ0v) is 12.6. The molecule has 0 saturated carbocycles. The van der Waals surface area contributed by atoms with Crippen LogP contribution in [0.3, 0.4) is 0 Å². The molecule has 1 heterocycles. The van der Waals surface area contributed by atoms with E-state index in [0.717, 1.165) is 0 Å². The first kappa shape index (κ1) is 17.3. The lowest BCUT2D eigenvalue weighted by atomic mass is 9.95. The predicted octanol–water partition coefficient (Wildman–Crippen LogP) is 1.58. The average Bonchev–Trinajstić information content (AvgIpc) is 2.45. The normalized spacial score (nSPS) is 33.9. The fourth-order valence-corrected chi connectivity index (χ4v) is 2.46. The lowest BCUT2D eigenvalue weighted by molar-refractivity contribution is -0.249. The summed E-state index contributed by atoms with van der Waals surface area (Å²) < 4.78 is 28.3. The predicted molar refractivity (Wildman–Crippen MR) is 76.9 cm³/mol. The van der Waals surface area contributed by atoms with Gasteiger partial charge in [0.25, 0.3) is 0 Å². The third-order valence-corrected chi connectivity index (χ3v) is 3.33. The molecule has 0 N–H and O–H groups in total. The minimum atomic E-state index is -0.240. The summed E-state index contributed by atoms with van der Waals surface area (Å²) in [7, 11) is 3.29. The molecular formula is C15H26O5. The zero-order chi connectivity index (χ0) is 15.0. The fourth-order valence-electron chi connectivity index (χ4n) is 2.46. The van der Waals surface area contributed by atoms with Crippen LogP contribution in [-0.2, 0) is 23.7 Å². The molecule has 0 aromatic rings. The van der Waals surface area contributed by atoms with Crippen molar-refractivity contribution >= 4 is 0 Å². The molecule has 5 heteroatoms. The molecule has 20 heavy (non-hydrogen) atoms. The van der Waals surface area contributed by atoms with Crippen LogP contribution in [0.2, 0.25) is 0 Å². The molecule has 5 atom stereocenters. The van der Waals surface area contributed by atoms with Crippen LogP contribution in [0.4, 0.5) is 0 Å². The van der Waals surface area contributed by atoms with Crippen molar-refractivity contribution in [2.75, 3.05) is 34.0 Å². The molecule has 1 saturated heterocycles. The Hall–Kier alpha value is -0.720. The van der Waals surface area contributed by atoms with E-state index in [1.165, 1.54) is 0 Å². The van der Waals surface area contributed by atoms with Crippen LogP contribution in [0, 0.1) is 0 Å². The van der Waals surface area contributed by atoms with Crippen molar-refractivity contribution in [1.82, 2.24) is 0 Å². The molecule has 1 aliphatic heterocycles. The Bertz CT molecular complexity index is 294. The summed E-state index contributed by atoms with van der Waals surface area (Å²) in [5.41, 5.74) is 0. The van der Waals surface area contributed by atoms with Gasteiger partial charge in [-0.1, -0.05) is 12.2 Å². The third-order valence-electron chi connectivity index (χ3n) is 3.33. The molecule has 0 aliphatic carbocycles. The van der Waals surface area contributed by atoms with Crippen LogP contribution < -0.4 is 0 Å². The molecule has 1 aliphatic rings. The summed E-state index contributed by atoms with van der Waals surface area (Å²) in [6.07, 6.45) is 2.47. The Kier molecular flexibility index (Phi) is 8.02. The molecule has 0 radical (unpaired) electrons. The van der Waals surface area contributed by atoms with Crippen molar-refractivity contribution in [3.8, 4) is 0 Å². The lowest BCUT2D eigenvalue weighted by Gasteiger charge is -2.44. The van der Waals surface area contributed by atoms with Crippen LogP contribution >= 0.6 is 0 Å². The van der Waals surface area contributed by atoms with E-state index >= 15 is 0 Å². The summed E-state index contributed by atoms with van der Waals surface area (Å²) in [5, 5.41) is 0. The van der Waals surface area contributed by atoms with E-state index in [9.17, 15) is 0 Å². The van der Waals surface area contributed by atoms with Crippen LogP contribution in [0.1, 0.15) is 6.92 Å². The maximum atomic E-state index is 5.95. The molecule has 0 aromatic carbocycles. The highest BCUT2D eigenvalue weighted by atomic mass is 16.6. The Morgan fingerprint density at radius 3 is 2.20 bits per heavy atom. The summed E-state index contributed by atoms with van der Waals surface area (Å²) in [6, 6.07) is 0. The standard InChI is InChI=1S/C15H26O5/c1-6-8-18-10-12-14(16-4)15(17-5)13(11(3)20-12)19-9-7-2/h6-7,11-15H,1-2,8-10H2,3-5H3/t11-,12+,13?,14+,15+/m0/s1. The number of rotatable bonds is 9. The highest BCUT2D eigenvalue weighted by Gasteiger charge is 2.45. The van der Waals surface area contributed by atoms with E-state index in [1.54, 1.807) is 26.4 Å². The highest BCUT2D eigenvalue weighted by Crippen LogP contribution is 2.27. The van der Waals surface area contributed by atoms with Crippen molar-refractivity contribution in [2.45, 2.75) is 37.4 Å². The second-order valence-corrected chi connectivity index (χ2v) is 4.69. The smallest absolute Gasteiger partial charge is 0.115 e. The maximum absolute atomic E-state index is 5.95. The van der Waals surface area contributed by atoms with Crippen molar-refractivity contribution in [1.29, 1.82) is 0 Å². The fraction of sp³-hybridized carbons (Fsp3) is 0.733. The van der Waals surface area contributed by atoms with Gasteiger partial charge in [-0.05, 0) is 6.92 Å². The first-order valence-electron chi connectivity index (χ1n) is 6.81. The SMILES string of the molecule is C=CCOC[C@H]1O[C@@H](C)C(OCC=C)[C@@H](OC)[C@@H]1OC. The number of ether oxygens (including phenoxy) is 5. The van der Waals surface area contributed by atoms with E-state index in [4.69, 9.17) is 23.7 Å². The number of methoxy groups -OCH3 is 2. The van der Waals surface area contributed by atoms with Crippen LogP contribution in [0.25, 0.3) is 0 Å². The Balaban J connectivity index is 2.72. The Morgan fingerprint density at radius 2 is 1.65 bits per heavy atom. The van der Waals surface area contributed by atoms with Crippen molar-refractivity contribution < 1.29 is 23.7 Å². The van der Waals surface area contributed by atoms with Gasteiger partial charge in [0.1, 0.15) is 24.4 Å². The van der Waals surface area contributed by atoms with E-state index in [1.807, 2.05) is 6.92 Å². The molecule has 0 bridgehead atoms. The average molecular weight is 286 g/mol.